The van der Waals surface area contributed by atoms with Gasteiger partial charge in [0.2, 0.25) is 0 Å². The Balaban J connectivity index is 2.32. The summed E-state index contributed by atoms with van der Waals surface area (Å²) in [5.41, 5.74) is 1.81. The first-order valence-electron chi connectivity index (χ1n) is 4.46. The van der Waals surface area contributed by atoms with E-state index in [0.717, 1.165) is 11.3 Å². The van der Waals surface area contributed by atoms with Crippen LogP contribution in [0.3, 0.4) is 0 Å². The standard InChI is InChI=1S/C9H12N4O2/c1-13-9(7-3-10-11-4-7)8(5-12-13)15-6-14-2/h3-5H,6H2,1-2H3,(H,10,11). The highest BCUT2D eigenvalue weighted by molar-refractivity contribution is 5.64. The van der Waals surface area contributed by atoms with E-state index in [9.17, 15) is 0 Å². The highest BCUT2D eigenvalue weighted by Gasteiger charge is 2.12. The van der Waals surface area contributed by atoms with Gasteiger partial charge in [0.1, 0.15) is 5.69 Å². The first-order valence-corrected chi connectivity index (χ1v) is 4.46. The Bertz CT molecular complexity index is 421. The number of hydrogen-bond acceptors (Lipinski definition) is 4. The van der Waals surface area contributed by atoms with E-state index in [2.05, 4.69) is 15.3 Å². The second-order valence-corrected chi connectivity index (χ2v) is 3.02. The maximum atomic E-state index is 5.38. The maximum absolute atomic E-state index is 5.38. The van der Waals surface area contributed by atoms with Crippen molar-refractivity contribution in [2.24, 2.45) is 7.05 Å². The molecule has 0 aliphatic heterocycles. The average molecular weight is 208 g/mol. The van der Waals surface area contributed by atoms with E-state index < -0.39 is 0 Å². The Kier molecular flexibility index (Phi) is 2.68. The van der Waals surface area contributed by atoms with Crippen molar-refractivity contribution in [2.45, 2.75) is 0 Å². The average Bonchev–Trinajstić information content (AvgIpc) is 2.84. The van der Waals surface area contributed by atoms with Crippen LogP contribution >= 0.6 is 0 Å². The SMILES string of the molecule is COCOc1cnn(C)c1-c1cn[nH]c1. The summed E-state index contributed by atoms with van der Waals surface area (Å²) in [5, 5.41) is 10.8. The van der Waals surface area contributed by atoms with Crippen molar-refractivity contribution in [3.63, 3.8) is 0 Å². The fourth-order valence-electron chi connectivity index (χ4n) is 1.35. The van der Waals surface area contributed by atoms with Gasteiger partial charge in [-0.15, -0.1) is 0 Å². The Morgan fingerprint density at radius 2 is 2.33 bits per heavy atom. The minimum absolute atomic E-state index is 0.205. The van der Waals surface area contributed by atoms with Gasteiger partial charge in [0.25, 0.3) is 0 Å². The van der Waals surface area contributed by atoms with Crippen molar-refractivity contribution in [3.8, 4) is 17.0 Å². The first-order chi connectivity index (χ1) is 7.33. The van der Waals surface area contributed by atoms with Gasteiger partial charge in [0.15, 0.2) is 12.5 Å². The molecule has 2 heterocycles. The van der Waals surface area contributed by atoms with Gasteiger partial charge in [0, 0.05) is 25.9 Å². The molecule has 6 heteroatoms. The van der Waals surface area contributed by atoms with E-state index >= 15 is 0 Å². The number of hydrogen-bond donors (Lipinski definition) is 1. The number of aryl methyl sites for hydroxylation is 1. The zero-order valence-corrected chi connectivity index (χ0v) is 8.60. The molecule has 0 unspecified atom stereocenters. The van der Waals surface area contributed by atoms with Crippen molar-refractivity contribution in [1.29, 1.82) is 0 Å². The van der Waals surface area contributed by atoms with Crippen molar-refractivity contribution in [3.05, 3.63) is 18.6 Å². The molecule has 0 bridgehead atoms. The van der Waals surface area contributed by atoms with Crippen LogP contribution in [0.15, 0.2) is 18.6 Å². The van der Waals surface area contributed by atoms with Gasteiger partial charge < -0.3 is 9.47 Å². The summed E-state index contributed by atoms with van der Waals surface area (Å²) in [6.07, 6.45) is 5.16. The minimum atomic E-state index is 0.205. The molecule has 0 aromatic carbocycles. The number of H-pyrrole nitrogens is 1. The zero-order chi connectivity index (χ0) is 10.7. The van der Waals surface area contributed by atoms with Crippen LogP contribution in [0.1, 0.15) is 0 Å². The maximum Gasteiger partial charge on any atom is 0.188 e. The van der Waals surface area contributed by atoms with E-state index in [-0.39, 0.29) is 6.79 Å². The number of ether oxygens (including phenoxy) is 2. The van der Waals surface area contributed by atoms with Crippen molar-refractivity contribution >= 4 is 0 Å². The Morgan fingerprint density at radius 3 is 3.00 bits per heavy atom. The largest absolute Gasteiger partial charge is 0.464 e. The molecule has 2 aromatic heterocycles. The van der Waals surface area contributed by atoms with E-state index in [1.165, 1.54) is 0 Å². The van der Waals surface area contributed by atoms with Crippen LogP contribution in [0.4, 0.5) is 0 Å². The Labute approximate surface area is 86.8 Å². The summed E-state index contributed by atoms with van der Waals surface area (Å²) < 4.78 is 12.0. The summed E-state index contributed by atoms with van der Waals surface area (Å²) in [5.74, 6) is 0.681. The lowest BCUT2D eigenvalue weighted by Gasteiger charge is -2.04. The first kappa shape index (κ1) is 9.72. The van der Waals surface area contributed by atoms with Gasteiger partial charge in [0.05, 0.1) is 12.4 Å². The van der Waals surface area contributed by atoms with Crippen LogP contribution < -0.4 is 4.74 Å². The van der Waals surface area contributed by atoms with Gasteiger partial charge in [-0.2, -0.15) is 10.2 Å². The van der Waals surface area contributed by atoms with Crippen molar-refractivity contribution in [1.82, 2.24) is 20.0 Å². The molecule has 0 aliphatic carbocycles. The molecule has 0 spiro atoms. The molecule has 2 aromatic rings. The number of aromatic amines is 1. The van der Waals surface area contributed by atoms with Crippen LogP contribution in [0.2, 0.25) is 0 Å². The van der Waals surface area contributed by atoms with Crippen LogP contribution in [-0.2, 0) is 11.8 Å². The molecular weight excluding hydrogens is 196 g/mol. The van der Waals surface area contributed by atoms with E-state index in [1.54, 1.807) is 30.4 Å². The summed E-state index contributed by atoms with van der Waals surface area (Å²) in [6, 6.07) is 0. The van der Waals surface area contributed by atoms with Gasteiger partial charge in [-0.3, -0.25) is 9.78 Å². The van der Waals surface area contributed by atoms with Crippen LogP contribution in [0, 0.1) is 0 Å². The minimum Gasteiger partial charge on any atom is -0.464 e. The number of rotatable bonds is 4. The fraction of sp³-hybridized carbons (Fsp3) is 0.333. The van der Waals surface area contributed by atoms with Gasteiger partial charge in [-0.25, -0.2) is 0 Å². The third kappa shape index (κ3) is 1.84. The molecule has 0 saturated carbocycles. The molecule has 80 valence electrons. The molecule has 0 fully saturated rings. The molecule has 15 heavy (non-hydrogen) atoms. The van der Waals surface area contributed by atoms with E-state index in [0.29, 0.717) is 5.75 Å². The quantitative estimate of drug-likeness (QED) is 0.754. The molecule has 1 N–H and O–H groups in total. The Morgan fingerprint density at radius 1 is 1.47 bits per heavy atom. The molecule has 0 amide bonds. The highest BCUT2D eigenvalue weighted by atomic mass is 16.7. The number of methoxy groups -OCH3 is 1. The summed E-state index contributed by atoms with van der Waals surface area (Å²) in [7, 11) is 3.43. The normalized spacial score (nSPS) is 10.5. The topological polar surface area (TPSA) is 65.0 Å². The Hall–Kier alpha value is -1.82. The van der Waals surface area contributed by atoms with E-state index in [1.807, 2.05) is 7.05 Å². The lowest BCUT2D eigenvalue weighted by molar-refractivity contribution is 0.0515. The predicted molar refractivity (Wildman–Crippen MR) is 53.3 cm³/mol. The van der Waals surface area contributed by atoms with E-state index in [4.69, 9.17) is 9.47 Å². The smallest absolute Gasteiger partial charge is 0.188 e. The molecule has 2 rings (SSSR count). The zero-order valence-electron chi connectivity index (χ0n) is 8.60. The number of nitrogens with zero attached hydrogens (tertiary/aromatic N) is 3. The van der Waals surface area contributed by atoms with Gasteiger partial charge >= 0.3 is 0 Å². The monoisotopic (exact) mass is 208 g/mol. The van der Waals surface area contributed by atoms with Crippen molar-refractivity contribution in [2.75, 3.05) is 13.9 Å². The summed E-state index contributed by atoms with van der Waals surface area (Å²) in [6.45, 7) is 0.205. The van der Waals surface area contributed by atoms with Crippen LogP contribution in [0.25, 0.3) is 11.3 Å². The highest BCUT2D eigenvalue weighted by Crippen LogP contribution is 2.28. The lowest BCUT2D eigenvalue weighted by atomic mass is 10.2. The molecule has 0 atom stereocenters. The van der Waals surface area contributed by atoms with Gasteiger partial charge in [-0.05, 0) is 0 Å². The predicted octanol–water partition coefficient (Wildman–Crippen LogP) is 0.793. The van der Waals surface area contributed by atoms with Gasteiger partial charge in [-0.1, -0.05) is 0 Å². The second kappa shape index (κ2) is 4.14. The number of nitrogens with one attached hydrogen (secondary N) is 1. The molecule has 0 aliphatic rings. The number of aromatic nitrogens is 4. The molecule has 0 radical (unpaired) electrons. The third-order valence-electron chi connectivity index (χ3n) is 2.01. The molecule has 6 nitrogen and oxygen atoms in total. The fourth-order valence-corrected chi connectivity index (χ4v) is 1.35. The third-order valence-corrected chi connectivity index (χ3v) is 2.01. The van der Waals surface area contributed by atoms with Crippen LogP contribution in [0.5, 0.6) is 5.75 Å². The van der Waals surface area contributed by atoms with Crippen molar-refractivity contribution < 1.29 is 9.47 Å². The lowest BCUT2D eigenvalue weighted by Crippen LogP contribution is -2.00. The molecular formula is C9H12N4O2. The summed E-state index contributed by atoms with van der Waals surface area (Å²) >= 11 is 0. The molecule has 0 saturated heterocycles. The summed E-state index contributed by atoms with van der Waals surface area (Å²) in [4.78, 5) is 0. The second-order valence-electron chi connectivity index (χ2n) is 3.02. The van der Waals surface area contributed by atoms with Crippen LogP contribution in [-0.4, -0.2) is 33.9 Å².